The van der Waals surface area contributed by atoms with Crippen LogP contribution in [0.5, 0.6) is 0 Å². The normalized spacial score (nSPS) is 10.3. The van der Waals surface area contributed by atoms with Crippen molar-refractivity contribution < 1.29 is 0 Å². The topological polar surface area (TPSA) is 64.9 Å². The molecular weight excluding hydrogens is 246 g/mol. The largest absolute Gasteiger partial charge is 0.398 e. The van der Waals surface area contributed by atoms with Gasteiger partial charge in [-0.05, 0) is 35.1 Å². The van der Waals surface area contributed by atoms with Gasteiger partial charge in [-0.3, -0.25) is 0 Å². The van der Waals surface area contributed by atoms with Crippen molar-refractivity contribution in [2.75, 3.05) is 11.5 Å². The van der Waals surface area contributed by atoms with E-state index in [1.807, 2.05) is 12.1 Å². The summed E-state index contributed by atoms with van der Waals surface area (Å²) in [6, 6.07) is 11.8. The Morgan fingerprint density at radius 3 is 1.65 bits per heavy atom. The van der Waals surface area contributed by atoms with Gasteiger partial charge in [0, 0.05) is 11.9 Å². The van der Waals surface area contributed by atoms with E-state index in [4.69, 9.17) is 11.5 Å². The summed E-state index contributed by atoms with van der Waals surface area (Å²) in [5.41, 5.74) is 14.9. The van der Waals surface area contributed by atoms with Gasteiger partial charge < -0.3 is 11.5 Å². The molecule has 0 bridgehead atoms. The lowest BCUT2D eigenvalue weighted by Crippen LogP contribution is -2.02. The number of nitrogens with zero attached hydrogens (tertiary/aromatic N) is 1. The summed E-state index contributed by atoms with van der Waals surface area (Å²) in [6.07, 6.45) is 1.66. The fourth-order valence-electron chi connectivity index (χ4n) is 1.98. The van der Waals surface area contributed by atoms with Gasteiger partial charge >= 0.3 is 0 Å². The summed E-state index contributed by atoms with van der Waals surface area (Å²) < 4.78 is 0. The summed E-state index contributed by atoms with van der Waals surface area (Å²) in [5.74, 6) is 1.60. The fourth-order valence-corrected chi connectivity index (χ4v) is 1.98. The highest BCUT2D eigenvalue weighted by Gasteiger charge is 2.09. The number of pyridine rings is 1. The molecule has 108 valence electrons. The highest BCUT2D eigenvalue weighted by Crippen LogP contribution is 2.29. The Labute approximate surface area is 122 Å². The number of hydrogen-bond donors (Lipinski definition) is 2. The van der Waals surface area contributed by atoms with Crippen LogP contribution in [0.15, 0.2) is 42.6 Å². The summed E-state index contributed by atoms with van der Waals surface area (Å²) in [5, 5.41) is 0. The molecule has 2 rings (SSSR count). The van der Waals surface area contributed by atoms with Crippen LogP contribution >= 0.6 is 0 Å². The second kappa shape index (κ2) is 7.53. The lowest BCUT2D eigenvalue weighted by molar-refractivity contribution is 0.840. The zero-order chi connectivity index (χ0) is 15.1. The van der Waals surface area contributed by atoms with Crippen molar-refractivity contribution in [3.05, 3.63) is 53.7 Å². The van der Waals surface area contributed by atoms with E-state index in [1.54, 1.807) is 12.3 Å². The number of aromatic nitrogens is 1. The Morgan fingerprint density at radius 2 is 1.35 bits per heavy atom. The lowest BCUT2D eigenvalue weighted by Gasteiger charge is -2.15. The molecule has 0 aliphatic carbocycles. The molecule has 0 saturated heterocycles. The average molecular weight is 271 g/mol. The molecule has 0 radical (unpaired) electrons. The third kappa shape index (κ3) is 4.57. The summed E-state index contributed by atoms with van der Waals surface area (Å²) >= 11 is 0. The van der Waals surface area contributed by atoms with Crippen LogP contribution in [0.3, 0.4) is 0 Å². The van der Waals surface area contributed by atoms with Gasteiger partial charge in [0.05, 0.1) is 0 Å². The van der Waals surface area contributed by atoms with Gasteiger partial charge in [-0.2, -0.15) is 0 Å². The van der Waals surface area contributed by atoms with Crippen LogP contribution < -0.4 is 11.5 Å². The van der Waals surface area contributed by atoms with E-state index in [9.17, 15) is 0 Å². The molecule has 0 spiro atoms. The Bertz CT molecular complexity index is 493. The zero-order valence-electron chi connectivity index (χ0n) is 12.8. The van der Waals surface area contributed by atoms with Crippen molar-refractivity contribution in [1.82, 2.24) is 4.98 Å². The quantitative estimate of drug-likeness (QED) is 0.805. The maximum atomic E-state index is 6.09. The van der Waals surface area contributed by atoms with Gasteiger partial charge in [0.2, 0.25) is 0 Å². The number of hydrogen-bond acceptors (Lipinski definition) is 3. The van der Waals surface area contributed by atoms with Crippen molar-refractivity contribution in [1.29, 1.82) is 0 Å². The Balaban J connectivity index is 0.000000240. The maximum Gasteiger partial charge on any atom is 0.123 e. The molecule has 0 aliphatic heterocycles. The molecule has 0 fully saturated rings. The first-order chi connectivity index (χ1) is 9.43. The standard InChI is InChI=1S/C12H19N.C5H6N2/c1-8(2)10-6-5-7-11(9(3)4)12(10)13;6-5-3-1-2-4-7-5/h5-9H,13H2,1-4H3;1-4H,(H2,6,7). The highest BCUT2D eigenvalue weighted by molar-refractivity contribution is 5.56. The van der Waals surface area contributed by atoms with E-state index in [2.05, 4.69) is 50.9 Å². The van der Waals surface area contributed by atoms with Gasteiger partial charge in [0.1, 0.15) is 5.82 Å². The fraction of sp³-hybridized carbons (Fsp3) is 0.353. The van der Waals surface area contributed by atoms with E-state index in [0.717, 1.165) is 5.69 Å². The molecule has 3 nitrogen and oxygen atoms in total. The smallest absolute Gasteiger partial charge is 0.123 e. The summed E-state index contributed by atoms with van der Waals surface area (Å²) in [4.78, 5) is 3.76. The SMILES string of the molecule is CC(C)c1cccc(C(C)C)c1N.Nc1ccccn1. The van der Waals surface area contributed by atoms with E-state index in [1.165, 1.54) is 11.1 Å². The van der Waals surface area contributed by atoms with Crippen molar-refractivity contribution in [2.24, 2.45) is 0 Å². The molecular formula is C17H25N3. The van der Waals surface area contributed by atoms with E-state index < -0.39 is 0 Å². The van der Waals surface area contributed by atoms with Crippen LogP contribution in [0.2, 0.25) is 0 Å². The molecule has 3 heteroatoms. The predicted octanol–water partition coefficient (Wildman–Crippen LogP) is 4.18. The number of anilines is 2. The predicted molar refractivity (Wildman–Crippen MR) is 87.7 cm³/mol. The molecule has 1 aromatic heterocycles. The van der Waals surface area contributed by atoms with Gasteiger partial charge in [-0.15, -0.1) is 0 Å². The minimum Gasteiger partial charge on any atom is -0.398 e. The molecule has 0 saturated carbocycles. The number of benzene rings is 1. The van der Waals surface area contributed by atoms with Gasteiger partial charge in [-0.25, -0.2) is 4.98 Å². The molecule has 1 heterocycles. The maximum absolute atomic E-state index is 6.09. The molecule has 0 unspecified atom stereocenters. The van der Waals surface area contributed by atoms with Crippen molar-refractivity contribution in [3.8, 4) is 0 Å². The van der Waals surface area contributed by atoms with Crippen LogP contribution in [0, 0.1) is 0 Å². The third-order valence-corrected chi connectivity index (χ3v) is 3.11. The van der Waals surface area contributed by atoms with E-state index in [-0.39, 0.29) is 0 Å². The molecule has 0 atom stereocenters. The van der Waals surface area contributed by atoms with E-state index >= 15 is 0 Å². The lowest BCUT2D eigenvalue weighted by atomic mass is 9.93. The van der Waals surface area contributed by atoms with Crippen LogP contribution in [0.1, 0.15) is 50.7 Å². The van der Waals surface area contributed by atoms with Crippen LogP contribution in [0.25, 0.3) is 0 Å². The van der Waals surface area contributed by atoms with Gasteiger partial charge in [0.15, 0.2) is 0 Å². The second-order valence-electron chi connectivity index (χ2n) is 5.41. The summed E-state index contributed by atoms with van der Waals surface area (Å²) in [7, 11) is 0. The minimum atomic E-state index is 0.513. The van der Waals surface area contributed by atoms with Crippen molar-refractivity contribution in [2.45, 2.75) is 39.5 Å². The first kappa shape index (κ1) is 16.0. The molecule has 0 aliphatic rings. The van der Waals surface area contributed by atoms with Crippen LogP contribution in [-0.4, -0.2) is 4.98 Å². The minimum absolute atomic E-state index is 0.513. The van der Waals surface area contributed by atoms with Crippen molar-refractivity contribution >= 4 is 11.5 Å². The highest BCUT2D eigenvalue weighted by atomic mass is 14.8. The Hall–Kier alpha value is -2.03. The molecule has 1 aromatic carbocycles. The Kier molecular flexibility index (Phi) is 6.04. The number of para-hydroxylation sites is 1. The second-order valence-corrected chi connectivity index (χ2v) is 5.41. The van der Waals surface area contributed by atoms with Gasteiger partial charge in [0.25, 0.3) is 0 Å². The first-order valence-electron chi connectivity index (χ1n) is 6.98. The van der Waals surface area contributed by atoms with Crippen LogP contribution in [0.4, 0.5) is 11.5 Å². The Morgan fingerprint density at radius 1 is 0.800 bits per heavy atom. The molecule has 2 aromatic rings. The zero-order valence-corrected chi connectivity index (χ0v) is 12.8. The van der Waals surface area contributed by atoms with E-state index in [0.29, 0.717) is 17.7 Å². The molecule has 4 N–H and O–H groups in total. The first-order valence-corrected chi connectivity index (χ1v) is 6.98. The monoisotopic (exact) mass is 271 g/mol. The van der Waals surface area contributed by atoms with Crippen LogP contribution in [-0.2, 0) is 0 Å². The van der Waals surface area contributed by atoms with Gasteiger partial charge in [-0.1, -0.05) is 52.0 Å². The third-order valence-electron chi connectivity index (χ3n) is 3.11. The molecule has 0 amide bonds. The van der Waals surface area contributed by atoms with Crippen molar-refractivity contribution in [3.63, 3.8) is 0 Å². The number of nitrogens with two attached hydrogens (primary N) is 2. The average Bonchev–Trinajstić information content (AvgIpc) is 2.40. The summed E-state index contributed by atoms with van der Waals surface area (Å²) in [6.45, 7) is 8.71. The number of rotatable bonds is 2. The molecule has 20 heavy (non-hydrogen) atoms. The number of nitrogen functional groups attached to an aromatic ring is 2.